The fraction of sp³-hybridized carbons (Fsp3) is 0.438. The predicted octanol–water partition coefficient (Wildman–Crippen LogP) is 4.14. The van der Waals surface area contributed by atoms with Gasteiger partial charge in [0.25, 0.3) is 0 Å². The van der Waals surface area contributed by atoms with Crippen molar-refractivity contribution in [1.82, 2.24) is 18.9 Å². The normalized spacial score (nSPS) is 17.3. The fourth-order valence-electron chi connectivity index (χ4n) is 5.54. The maximum absolute atomic E-state index is 2.63. The second kappa shape index (κ2) is 14.1. The molecule has 0 N–H and O–H groups in total. The van der Waals surface area contributed by atoms with E-state index in [-0.39, 0.29) is 0 Å². The Morgan fingerprint density at radius 2 is 0.921 bits per heavy atom. The molecule has 3 heterocycles. The van der Waals surface area contributed by atoms with E-state index in [4.69, 9.17) is 0 Å². The summed E-state index contributed by atoms with van der Waals surface area (Å²) in [4.78, 5) is 5.26. The predicted molar refractivity (Wildman–Crippen MR) is 151 cm³/mol. The molecule has 0 fully saturated rings. The van der Waals surface area contributed by atoms with E-state index in [0.29, 0.717) is 0 Å². The van der Waals surface area contributed by atoms with Gasteiger partial charge in [-0.1, -0.05) is 60.7 Å². The Labute approximate surface area is 228 Å². The van der Waals surface area contributed by atoms with Crippen molar-refractivity contribution in [3.8, 4) is 0 Å². The molecule has 2 aromatic carbocycles. The van der Waals surface area contributed by atoms with Gasteiger partial charge in [-0.05, 0) is 36.8 Å². The van der Waals surface area contributed by atoms with Crippen LogP contribution in [0.2, 0.25) is 0 Å². The zero-order chi connectivity index (χ0) is 25.8. The number of hydrogen-bond donors (Lipinski definition) is 0. The molecule has 5 rings (SSSR count). The van der Waals surface area contributed by atoms with Gasteiger partial charge in [0.05, 0.1) is 26.2 Å². The van der Waals surface area contributed by atoms with Crippen molar-refractivity contribution in [2.45, 2.75) is 65.0 Å². The molecule has 6 heteroatoms. The lowest BCUT2D eigenvalue weighted by atomic mass is 10.2. The van der Waals surface area contributed by atoms with Gasteiger partial charge in [-0.15, -0.1) is 0 Å². The average molecular weight is 513 g/mol. The molecule has 0 saturated carbocycles. The highest BCUT2D eigenvalue weighted by atomic mass is 15.2. The lowest BCUT2D eigenvalue weighted by molar-refractivity contribution is -0.697. The third-order valence-electron chi connectivity index (χ3n) is 7.55. The second-order valence-electron chi connectivity index (χ2n) is 10.7. The molecule has 0 unspecified atom stereocenters. The van der Waals surface area contributed by atoms with E-state index in [1.807, 2.05) is 0 Å². The third-order valence-corrected chi connectivity index (χ3v) is 7.55. The highest BCUT2D eigenvalue weighted by Crippen LogP contribution is 2.09. The highest BCUT2D eigenvalue weighted by molar-refractivity contribution is 5.15. The summed E-state index contributed by atoms with van der Waals surface area (Å²) < 4.78 is 9.44. The van der Waals surface area contributed by atoms with Crippen molar-refractivity contribution in [2.75, 3.05) is 26.2 Å². The summed E-state index contributed by atoms with van der Waals surface area (Å²) in [6.07, 6.45) is 18.2. The topological polar surface area (TPSA) is 24.1 Å². The van der Waals surface area contributed by atoms with Gasteiger partial charge in [0.2, 0.25) is 12.7 Å². The van der Waals surface area contributed by atoms with Crippen molar-refractivity contribution in [3.63, 3.8) is 0 Å². The van der Waals surface area contributed by atoms with Crippen LogP contribution in [-0.4, -0.2) is 45.1 Å². The number of imidazole rings is 2. The lowest BCUT2D eigenvalue weighted by Gasteiger charge is -2.22. The van der Waals surface area contributed by atoms with Crippen molar-refractivity contribution in [3.05, 3.63) is 109 Å². The second-order valence-corrected chi connectivity index (χ2v) is 10.7. The van der Waals surface area contributed by atoms with E-state index in [1.165, 1.54) is 11.1 Å². The van der Waals surface area contributed by atoms with E-state index < -0.39 is 0 Å². The summed E-state index contributed by atoms with van der Waals surface area (Å²) in [6, 6.07) is 21.8. The molecular weight excluding hydrogens is 468 g/mol. The van der Waals surface area contributed by atoms with E-state index in [1.54, 1.807) is 0 Å². The van der Waals surface area contributed by atoms with Gasteiger partial charge in [0, 0.05) is 39.3 Å². The Balaban J connectivity index is 1.23. The molecule has 200 valence electrons. The largest absolute Gasteiger partial charge is 0.299 e. The molecule has 38 heavy (non-hydrogen) atoms. The van der Waals surface area contributed by atoms with Gasteiger partial charge in [0.15, 0.2) is 0 Å². The quantitative estimate of drug-likeness (QED) is 0.384. The molecule has 0 saturated heterocycles. The Kier molecular flexibility index (Phi) is 9.78. The van der Waals surface area contributed by atoms with Gasteiger partial charge in [-0.25, -0.2) is 18.3 Å². The summed E-state index contributed by atoms with van der Waals surface area (Å²) in [5.74, 6) is 0. The van der Waals surface area contributed by atoms with Crippen LogP contribution in [0.25, 0.3) is 0 Å². The number of aryl methyl sites for hydroxylation is 4. The zero-order valence-corrected chi connectivity index (χ0v) is 22.8. The molecular formula is C32H44N6+2. The van der Waals surface area contributed by atoms with Gasteiger partial charge in [-0.3, -0.25) is 9.80 Å². The molecule has 1 aliphatic rings. The smallest absolute Gasteiger partial charge is 0.243 e. The molecule has 2 aromatic heterocycles. The molecule has 0 aliphatic carbocycles. The Hall–Kier alpha value is -3.22. The van der Waals surface area contributed by atoms with E-state index >= 15 is 0 Å². The van der Waals surface area contributed by atoms with Gasteiger partial charge in [0.1, 0.15) is 24.8 Å². The summed E-state index contributed by atoms with van der Waals surface area (Å²) in [5.41, 5.74) is 2.81. The molecule has 4 bridgehead atoms. The summed E-state index contributed by atoms with van der Waals surface area (Å²) in [7, 11) is 0. The first-order valence-corrected chi connectivity index (χ1v) is 14.4. The fourth-order valence-corrected chi connectivity index (χ4v) is 5.54. The molecule has 0 radical (unpaired) electrons. The Morgan fingerprint density at radius 1 is 0.500 bits per heavy atom. The Morgan fingerprint density at radius 3 is 1.37 bits per heavy atom. The van der Waals surface area contributed by atoms with Crippen LogP contribution >= 0.6 is 0 Å². The van der Waals surface area contributed by atoms with Gasteiger partial charge < -0.3 is 0 Å². The van der Waals surface area contributed by atoms with Crippen molar-refractivity contribution < 1.29 is 9.13 Å². The monoisotopic (exact) mass is 512 g/mol. The van der Waals surface area contributed by atoms with Gasteiger partial charge in [-0.2, -0.15) is 0 Å². The van der Waals surface area contributed by atoms with Crippen LogP contribution in [0.4, 0.5) is 0 Å². The number of rotatable bonds is 4. The SMILES string of the molecule is c1ccc(CN2CCCn3cc[n+](c3)CCCN(Cc3ccccc3)CCC[n+]3ccn(c3)CCC2)cc1. The maximum atomic E-state index is 2.63. The number of aromatic nitrogens is 4. The van der Waals surface area contributed by atoms with E-state index in [2.05, 4.69) is 126 Å². The molecule has 4 aromatic rings. The van der Waals surface area contributed by atoms with Crippen LogP contribution in [0.3, 0.4) is 0 Å². The van der Waals surface area contributed by atoms with Crippen molar-refractivity contribution in [2.24, 2.45) is 0 Å². The van der Waals surface area contributed by atoms with Crippen molar-refractivity contribution in [1.29, 1.82) is 0 Å². The van der Waals surface area contributed by atoms with Gasteiger partial charge >= 0.3 is 0 Å². The summed E-state index contributed by atoms with van der Waals surface area (Å²) in [5, 5.41) is 0. The zero-order valence-electron chi connectivity index (χ0n) is 22.8. The average Bonchev–Trinajstić information content (AvgIpc) is 3.59. The van der Waals surface area contributed by atoms with E-state index in [0.717, 1.165) is 91.1 Å². The first-order chi connectivity index (χ1) is 18.8. The minimum absolute atomic E-state index is 1.03. The van der Waals surface area contributed by atoms with Crippen molar-refractivity contribution >= 4 is 0 Å². The highest BCUT2D eigenvalue weighted by Gasteiger charge is 2.13. The van der Waals surface area contributed by atoms with Crippen LogP contribution in [0.5, 0.6) is 0 Å². The maximum Gasteiger partial charge on any atom is 0.243 e. The van der Waals surface area contributed by atoms with Crippen LogP contribution in [0.1, 0.15) is 36.8 Å². The molecule has 1 aliphatic heterocycles. The first kappa shape index (κ1) is 26.4. The molecule has 6 nitrogen and oxygen atoms in total. The summed E-state index contributed by atoms with van der Waals surface area (Å²) >= 11 is 0. The molecule has 0 spiro atoms. The number of benzene rings is 2. The summed E-state index contributed by atoms with van der Waals surface area (Å²) in [6.45, 7) is 10.8. The molecule has 0 amide bonds. The molecule has 0 atom stereocenters. The number of fused-ring (bicyclic) bond motifs is 4. The van der Waals surface area contributed by atoms with Crippen LogP contribution in [0.15, 0.2) is 98.1 Å². The third kappa shape index (κ3) is 8.40. The number of nitrogens with zero attached hydrogens (tertiary/aromatic N) is 6. The minimum Gasteiger partial charge on any atom is -0.299 e. The van der Waals surface area contributed by atoms with Crippen LogP contribution in [-0.2, 0) is 39.3 Å². The van der Waals surface area contributed by atoms with E-state index in [9.17, 15) is 0 Å². The minimum atomic E-state index is 1.03. The first-order valence-electron chi connectivity index (χ1n) is 14.4. The van der Waals surface area contributed by atoms with Crippen LogP contribution in [0, 0.1) is 0 Å². The number of hydrogen-bond acceptors (Lipinski definition) is 2. The Bertz CT molecular complexity index is 1050. The van der Waals surface area contributed by atoms with Crippen LogP contribution < -0.4 is 9.13 Å². The lowest BCUT2D eigenvalue weighted by Crippen LogP contribution is -2.36. The standard InChI is InChI=1S/C32H44N6/c1-3-11-31(12-4-1)27-33-15-7-19-35-23-25-37(29-35)21-9-17-34(28-32-13-5-2-6-14-32)18-10-22-38-26-24-36(30-38)20-8-16-33/h1-6,11-14,23-26,29-30H,7-10,15-22,27-28H2/q+2.